The number of nitrogens with one attached hydrogen (secondary N) is 2. The predicted octanol–water partition coefficient (Wildman–Crippen LogP) is 12.6. The van der Waals surface area contributed by atoms with Crippen LogP contribution in [0.25, 0.3) is 0 Å². The summed E-state index contributed by atoms with van der Waals surface area (Å²) < 4.78 is 0. The number of allylic oxidation sites excluding steroid dienone is 4. The van der Waals surface area contributed by atoms with Crippen molar-refractivity contribution in [3.63, 3.8) is 0 Å². The van der Waals surface area contributed by atoms with Gasteiger partial charge in [-0.1, -0.05) is 142 Å². The van der Waals surface area contributed by atoms with E-state index in [9.17, 15) is 0 Å². The summed E-state index contributed by atoms with van der Waals surface area (Å²) in [6, 6.07) is 1.42. The van der Waals surface area contributed by atoms with E-state index in [4.69, 9.17) is 0 Å². The van der Waals surface area contributed by atoms with Crippen LogP contribution in [-0.2, 0) is 0 Å². The van der Waals surface area contributed by atoms with Gasteiger partial charge in [0.05, 0.1) is 0 Å². The predicted molar refractivity (Wildman–Crippen MR) is 227 cm³/mol. The Bertz CT molecular complexity index is 653. The van der Waals surface area contributed by atoms with Crippen LogP contribution in [0.3, 0.4) is 0 Å². The summed E-state index contributed by atoms with van der Waals surface area (Å²) in [6.07, 6.45) is 47.9. The first-order valence-corrected chi connectivity index (χ1v) is 22.9. The van der Waals surface area contributed by atoms with Gasteiger partial charge >= 0.3 is 0 Å². The molecule has 1 heterocycles. The van der Waals surface area contributed by atoms with Crippen molar-refractivity contribution in [3.8, 4) is 0 Å². The molecule has 0 radical (unpaired) electrons. The van der Waals surface area contributed by atoms with Crippen molar-refractivity contribution in [2.75, 3.05) is 52.4 Å². The van der Waals surface area contributed by atoms with Crippen molar-refractivity contribution in [3.05, 3.63) is 24.3 Å². The molecule has 296 valence electrons. The molecule has 1 fully saturated rings. The number of nitrogens with zero attached hydrogens (tertiary/aromatic N) is 2. The molecule has 0 aromatic rings. The summed E-state index contributed by atoms with van der Waals surface area (Å²) in [6.45, 7) is 19.2. The molecule has 50 heavy (non-hydrogen) atoms. The van der Waals surface area contributed by atoms with Gasteiger partial charge in [0.15, 0.2) is 0 Å². The average Bonchev–Trinajstić information content (AvgIpc) is 3.14. The molecule has 1 aliphatic heterocycles. The molecule has 2 N–H and O–H groups in total. The van der Waals surface area contributed by atoms with Gasteiger partial charge in [-0.25, -0.2) is 0 Å². The van der Waals surface area contributed by atoms with Gasteiger partial charge < -0.3 is 20.4 Å². The van der Waals surface area contributed by atoms with Crippen molar-refractivity contribution in [1.82, 2.24) is 20.4 Å². The summed E-state index contributed by atoms with van der Waals surface area (Å²) in [5.41, 5.74) is 0. The van der Waals surface area contributed by atoms with Crippen LogP contribution in [0.2, 0.25) is 0 Å². The van der Waals surface area contributed by atoms with Gasteiger partial charge in [0, 0.05) is 38.3 Å². The van der Waals surface area contributed by atoms with Crippen molar-refractivity contribution >= 4 is 0 Å². The van der Waals surface area contributed by atoms with Crippen LogP contribution in [0.5, 0.6) is 0 Å². The minimum atomic E-state index is 0.711. The fourth-order valence-electron chi connectivity index (χ4n) is 7.57. The fraction of sp³-hybridized carbons (Fsp3) is 0.913. The van der Waals surface area contributed by atoms with Crippen molar-refractivity contribution in [2.24, 2.45) is 0 Å². The zero-order chi connectivity index (χ0) is 36.0. The quantitative estimate of drug-likeness (QED) is 0.0496. The maximum absolute atomic E-state index is 3.88. The molecule has 4 heteroatoms. The Balaban J connectivity index is 1.93. The molecule has 0 aromatic heterocycles. The first-order chi connectivity index (χ1) is 24.7. The number of piperazine rings is 1. The van der Waals surface area contributed by atoms with Crippen molar-refractivity contribution < 1.29 is 0 Å². The maximum Gasteiger partial charge on any atom is 0.0110 e. The van der Waals surface area contributed by atoms with Crippen molar-refractivity contribution in [1.29, 1.82) is 0 Å². The molecule has 2 atom stereocenters. The Hall–Kier alpha value is -0.680. The van der Waals surface area contributed by atoms with E-state index in [0.717, 1.165) is 0 Å². The summed E-state index contributed by atoms with van der Waals surface area (Å²) >= 11 is 0. The Labute approximate surface area is 315 Å². The summed E-state index contributed by atoms with van der Waals surface area (Å²) in [7, 11) is 0. The highest BCUT2D eigenvalue weighted by Gasteiger charge is 2.16. The normalized spacial score (nSPS) is 15.9. The Morgan fingerprint density at radius 2 is 0.720 bits per heavy atom. The third-order valence-corrected chi connectivity index (χ3v) is 11.2. The molecule has 4 nitrogen and oxygen atoms in total. The molecule has 0 aliphatic carbocycles. The van der Waals surface area contributed by atoms with Crippen LogP contribution >= 0.6 is 0 Å². The Morgan fingerprint density at radius 1 is 0.400 bits per heavy atom. The van der Waals surface area contributed by atoms with Gasteiger partial charge in [-0.2, -0.15) is 0 Å². The second kappa shape index (κ2) is 38.1. The summed E-state index contributed by atoms with van der Waals surface area (Å²) in [4.78, 5) is 5.41. The first-order valence-electron chi connectivity index (χ1n) is 22.9. The lowest BCUT2D eigenvalue weighted by molar-refractivity contribution is 0.129. The minimum Gasteiger partial charge on any atom is -0.314 e. The number of hydrogen-bond donors (Lipinski definition) is 2. The standard InChI is InChI=1S/C46H92N4/c1-5-9-11-13-15-17-19-21-23-25-27-29-31-35-45(7-3)47-37-33-39-49-41-43-50(44-42-49)40-34-38-48-46(8-4)36-32-30-28-26-24-22-20-18-16-14-12-10-6-2/h21-24,45-48H,5-20,25-44H2,1-4H3/b23-21-,24-22-. The number of unbranched alkanes of at least 4 members (excludes halogenated alkanes) is 18. The zero-order valence-electron chi connectivity index (χ0n) is 34.8. The highest BCUT2D eigenvalue weighted by molar-refractivity contribution is 4.82. The van der Waals surface area contributed by atoms with Gasteiger partial charge in [-0.15, -0.1) is 0 Å². The molecule has 0 amide bonds. The highest BCUT2D eigenvalue weighted by atomic mass is 15.3. The average molecular weight is 701 g/mol. The monoisotopic (exact) mass is 701 g/mol. The molecule has 2 unspecified atom stereocenters. The van der Waals surface area contributed by atoms with E-state index in [1.165, 1.54) is 232 Å². The van der Waals surface area contributed by atoms with E-state index in [1.807, 2.05) is 0 Å². The second-order valence-electron chi connectivity index (χ2n) is 15.8. The molecular formula is C46H92N4. The third kappa shape index (κ3) is 30.9. The van der Waals surface area contributed by atoms with E-state index in [0.29, 0.717) is 12.1 Å². The van der Waals surface area contributed by atoms with Crippen LogP contribution in [0.1, 0.15) is 207 Å². The maximum atomic E-state index is 3.88. The third-order valence-electron chi connectivity index (χ3n) is 11.2. The first kappa shape index (κ1) is 47.3. The number of hydrogen-bond acceptors (Lipinski definition) is 4. The molecule has 1 rings (SSSR count). The SMILES string of the molecule is CCCCCCCC/C=C\CCCCCC(CC)NCCCN1CCN(CCCNC(CC)CCCCC/C=C\CCCCCCCC)CC1. The lowest BCUT2D eigenvalue weighted by atomic mass is 10.0. The minimum absolute atomic E-state index is 0.711. The lowest BCUT2D eigenvalue weighted by Gasteiger charge is -2.35. The number of rotatable bonds is 38. The molecule has 0 spiro atoms. The lowest BCUT2D eigenvalue weighted by Crippen LogP contribution is -2.47. The van der Waals surface area contributed by atoms with Crippen LogP contribution in [0.4, 0.5) is 0 Å². The largest absolute Gasteiger partial charge is 0.314 e. The smallest absolute Gasteiger partial charge is 0.0110 e. The van der Waals surface area contributed by atoms with Crippen molar-refractivity contribution in [2.45, 2.75) is 220 Å². The molecule has 0 aromatic carbocycles. The Morgan fingerprint density at radius 3 is 1.06 bits per heavy atom. The zero-order valence-corrected chi connectivity index (χ0v) is 34.8. The molecule has 0 bridgehead atoms. The molecular weight excluding hydrogens is 609 g/mol. The van der Waals surface area contributed by atoms with Crippen LogP contribution in [0.15, 0.2) is 24.3 Å². The molecule has 1 saturated heterocycles. The molecule has 1 aliphatic rings. The van der Waals surface area contributed by atoms with Gasteiger partial charge in [-0.3, -0.25) is 0 Å². The van der Waals surface area contributed by atoms with E-state index in [-0.39, 0.29) is 0 Å². The van der Waals surface area contributed by atoms with E-state index >= 15 is 0 Å². The van der Waals surface area contributed by atoms with Crippen LogP contribution in [0, 0.1) is 0 Å². The summed E-state index contributed by atoms with van der Waals surface area (Å²) in [5.74, 6) is 0. The van der Waals surface area contributed by atoms with E-state index in [2.05, 4.69) is 72.4 Å². The van der Waals surface area contributed by atoms with Crippen LogP contribution < -0.4 is 10.6 Å². The summed E-state index contributed by atoms with van der Waals surface area (Å²) in [5, 5.41) is 7.77. The van der Waals surface area contributed by atoms with E-state index < -0.39 is 0 Å². The topological polar surface area (TPSA) is 30.5 Å². The second-order valence-corrected chi connectivity index (χ2v) is 15.8. The van der Waals surface area contributed by atoms with E-state index in [1.54, 1.807) is 0 Å². The highest BCUT2D eigenvalue weighted by Crippen LogP contribution is 2.13. The van der Waals surface area contributed by atoms with Gasteiger partial charge in [-0.05, 0) is 116 Å². The van der Waals surface area contributed by atoms with Gasteiger partial charge in [0.1, 0.15) is 0 Å². The molecule has 0 saturated carbocycles. The van der Waals surface area contributed by atoms with Gasteiger partial charge in [0.25, 0.3) is 0 Å². The van der Waals surface area contributed by atoms with Crippen LogP contribution in [-0.4, -0.2) is 74.2 Å². The fourth-order valence-corrected chi connectivity index (χ4v) is 7.57. The Kier molecular flexibility index (Phi) is 36.0. The van der Waals surface area contributed by atoms with Gasteiger partial charge in [0.2, 0.25) is 0 Å².